The van der Waals surface area contributed by atoms with E-state index in [1.807, 2.05) is 0 Å². The molecule has 13 nitrogen and oxygen atoms in total. The van der Waals surface area contributed by atoms with Crippen LogP contribution in [0.5, 0.6) is 0 Å². The van der Waals surface area contributed by atoms with Gasteiger partial charge in [0.25, 0.3) is 0 Å². The molecule has 2 aromatic rings. The summed E-state index contributed by atoms with van der Waals surface area (Å²) < 4.78 is 91.6. The third kappa shape index (κ3) is 15.3. The Morgan fingerprint density at radius 2 is 1.43 bits per heavy atom. The number of hydrogen-bond donors (Lipinski definition) is 3. The minimum Gasteiger partial charge on any atom is -0.458 e. The number of halogens is 6. The predicted molar refractivity (Wildman–Crippen MR) is 211 cm³/mol. The molecule has 3 heterocycles. The van der Waals surface area contributed by atoms with Crippen LogP contribution in [0, 0.1) is 5.92 Å². The summed E-state index contributed by atoms with van der Waals surface area (Å²) in [7, 11) is 0. The van der Waals surface area contributed by atoms with Gasteiger partial charge in [-0.2, -0.15) is 26.3 Å². The van der Waals surface area contributed by atoms with Crippen LogP contribution in [0.3, 0.4) is 0 Å². The van der Waals surface area contributed by atoms with Gasteiger partial charge in [0, 0.05) is 45.2 Å². The zero-order valence-electron chi connectivity index (χ0n) is 35.0. The Bertz CT molecular complexity index is 1770. The summed E-state index contributed by atoms with van der Waals surface area (Å²) in [6, 6.07) is 4.23. The van der Waals surface area contributed by atoms with E-state index in [4.69, 9.17) is 9.47 Å². The van der Waals surface area contributed by atoms with E-state index in [1.165, 1.54) is 18.2 Å². The van der Waals surface area contributed by atoms with E-state index in [0.29, 0.717) is 63.8 Å². The van der Waals surface area contributed by atoms with Crippen molar-refractivity contribution in [3.63, 3.8) is 0 Å². The van der Waals surface area contributed by atoms with Gasteiger partial charge < -0.3 is 35.2 Å². The highest BCUT2D eigenvalue weighted by Gasteiger charge is 2.39. The number of nitrogens with zero attached hydrogens (tertiary/aromatic N) is 4. The fourth-order valence-electron chi connectivity index (χ4n) is 6.98. The number of amides is 3. The summed E-state index contributed by atoms with van der Waals surface area (Å²) in [5.74, 6) is -2.35. The Morgan fingerprint density at radius 1 is 0.800 bits per heavy atom. The number of rotatable bonds is 15. The molecule has 4 rings (SSSR count). The highest BCUT2D eigenvalue weighted by molar-refractivity contribution is 5.86. The quantitative estimate of drug-likeness (QED) is 0.0973. The second-order valence-corrected chi connectivity index (χ2v) is 17.2. The zero-order valence-corrected chi connectivity index (χ0v) is 35.0. The van der Waals surface area contributed by atoms with Gasteiger partial charge in [0.2, 0.25) is 17.6 Å². The Kier molecular flexibility index (Phi) is 16.1. The van der Waals surface area contributed by atoms with Crippen LogP contribution in [0.25, 0.3) is 0 Å². The minimum atomic E-state index is -4.84. The van der Waals surface area contributed by atoms with Gasteiger partial charge in [-0.3, -0.25) is 9.59 Å². The number of carbonyl (C=O) groups is 4. The number of aromatic nitrogens is 2. The Labute approximate surface area is 346 Å². The van der Waals surface area contributed by atoms with Gasteiger partial charge in [0.05, 0.1) is 5.56 Å². The summed E-state index contributed by atoms with van der Waals surface area (Å²) in [5, 5.41) is 8.11. The van der Waals surface area contributed by atoms with Crippen molar-refractivity contribution in [2.75, 3.05) is 42.5 Å². The van der Waals surface area contributed by atoms with Gasteiger partial charge in [0.15, 0.2) is 0 Å². The molecule has 3 amide bonds. The molecule has 2 saturated heterocycles. The fourth-order valence-corrected chi connectivity index (χ4v) is 6.98. The molecule has 0 saturated carbocycles. The third-order valence-corrected chi connectivity index (χ3v) is 9.89. The van der Waals surface area contributed by atoms with Crippen molar-refractivity contribution in [2.24, 2.45) is 5.92 Å². The number of ether oxygens (including phenoxy) is 2. The number of piperidine rings is 1. The first kappa shape index (κ1) is 47.8. The first-order valence-corrected chi connectivity index (χ1v) is 20.3. The van der Waals surface area contributed by atoms with Crippen molar-refractivity contribution in [1.82, 2.24) is 25.9 Å². The van der Waals surface area contributed by atoms with Crippen LogP contribution in [0.4, 0.5) is 42.8 Å². The molecule has 0 spiro atoms. The SMILES string of the molecule is CC(C)(C)OC(=O)NC(CCC(=O)NCCCC1CCN(c2cc(N3CCC[C@H]3C(=O)NCCc3ccc(C(F)(F)F)cc3)nc(C(F)(F)F)n2)CC1)C(=O)OC(C)(C)C. The van der Waals surface area contributed by atoms with E-state index in [-0.39, 0.29) is 49.3 Å². The molecule has 0 aliphatic carbocycles. The van der Waals surface area contributed by atoms with Gasteiger partial charge in [0.1, 0.15) is 34.9 Å². The molecule has 19 heteroatoms. The molecule has 0 bridgehead atoms. The van der Waals surface area contributed by atoms with Gasteiger partial charge in [-0.1, -0.05) is 12.1 Å². The maximum atomic E-state index is 14.1. The Morgan fingerprint density at radius 3 is 2.03 bits per heavy atom. The van der Waals surface area contributed by atoms with Gasteiger partial charge in [-0.05, 0) is 117 Å². The minimum absolute atomic E-state index is 0.000460. The number of nitrogens with one attached hydrogen (secondary N) is 3. The molecule has 1 aromatic heterocycles. The summed E-state index contributed by atoms with van der Waals surface area (Å²) >= 11 is 0. The lowest BCUT2D eigenvalue weighted by molar-refractivity contribution is -0.157. The lowest BCUT2D eigenvalue weighted by Gasteiger charge is -2.34. The third-order valence-electron chi connectivity index (χ3n) is 9.89. The van der Waals surface area contributed by atoms with E-state index < -0.39 is 65.0 Å². The molecule has 2 aliphatic heterocycles. The number of hydrogen-bond acceptors (Lipinski definition) is 10. The van der Waals surface area contributed by atoms with Crippen LogP contribution < -0.4 is 25.8 Å². The summed E-state index contributed by atoms with van der Waals surface area (Å²) in [5.41, 5.74) is -1.79. The van der Waals surface area contributed by atoms with Crippen LogP contribution in [-0.4, -0.2) is 89.9 Å². The smallest absolute Gasteiger partial charge is 0.451 e. The maximum Gasteiger partial charge on any atom is 0.451 e. The van der Waals surface area contributed by atoms with Gasteiger partial charge in [-0.15, -0.1) is 0 Å². The lowest BCUT2D eigenvalue weighted by atomic mass is 9.92. The average Bonchev–Trinajstić information content (AvgIpc) is 3.64. The van der Waals surface area contributed by atoms with E-state index in [1.54, 1.807) is 51.3 Å². The van der Waals surface area contributed by atoms with E-state index in [2.05, 4.69) is 25.9 Å². The Balaban J connectivity index is 1.26. The van der Waals surface area contributed by atoms with Gasteiger partial charge >= 0.3 is 24.4 Å². The first-order chi connectivity index (χ1) is 27.9. The zero-order chi connectivity index (χ0) is 44.5. The molecule has 1 unspecified atom stereocenters. The van der Waals surface area contributed by atoms with Gasteiger partial charge in [-0.25, -0.2) is 19.6 Å². The topological polar surface area (TPSA) is 155 Å². The number of alkyl halides is 6. The summed E-state index contributed by atoms with van der Waals surface area (Å²) in [6.45, 7) is 11.8. The van der Waals surface area contributed by atoms with Crippen molar-refractivity contribution in [1.29, 1.82) is 0 Å². The van der Waals surface area contributed by atoms with Crippen molar-refractivity contribution in [2.45, 2.75) is 135 Å². The number of esters is 1. The summed E-state index contributed by atoms with van der Waals surface area (Å²) in [6.07, 6.45) is -6.18. The monoisotopic (exact) mass is 857 g/mol. The molecule has 2 fully saturated rings. The second kappa shape index (κ2) is 20.1. The number of anilines is 2. The van der Waals surface area contributed by atoms with Crippen molar-refractivity contribution in [3.05, 3.63) is 47.3 Å². The van der Waals surface area contributed by atoms with E-state index >= 15 is 0 Å². The van der Waals surface area contributed by atoms with E-state index in [9.17, 15) is 45.5 Å². The van der Waals surface area contributed by atoms with Crippen molar-refractivity contribution in [3.8, 4) is 0 Å². The lowest BCUT2D eigenvalue weighted by Crippen LogP contribution is -2.46. The number of alkyl carbamates (subject to hydrolysis) is 1. The van der Waals surface area contributed by atoms with Crippen molar-refractivity contribution >= 4 is 35.5 Å². The molecular formula is C41H57F6N7O6. The number of carbonyl (C=O) groups excluding carboxylic acids is 4. The van der Waals surface area contributed by atoms with Crippen LogP contribution in [0.2, 0.25) is 0 Å². The van der Waals surface area contributed by atoms with Crippen LogP contribution in [0.1, 0.15) is 110 Å². The molecule has 60 heavy (non-hydrogen) atoms. The molecule has 0 radical (unpaired) electrons. The number of benzene rings is 1. The summed E-state index contributed by atoms with van der Waals surface area (Å²) in [4.78, 5) is 62.0. The first-order valence-electron chi connectivity index (χ1n) is 20.3. The highest BCUT2D eigenvalue weighted by atomic mass is 19.4. The highest BCUT2D eigenvalue weighted by Crippen LogP contribution is 2.34. The molecule has 2 atom stereocenters. The normalized spacial score (nSPS) is 17.2. The predicted octanol–water partition coefficient (Wildman–Crippen LogP) is 6.97. The Hall–Kier alpha value is -4.84. The maximum absolute atomic E-state index is 14.1. The molecule has 3 N–H and O–H groups in total. The molecular weight excluding hydrogens is 800 g/mol. The van der Waals surface area contributed by atoms with Crippen LogP contribution in [-0.2, 0) is 42.6 Å². The average molecular weight is 858 g/mol. The molecule has 2 aliphatic rings. The van der Waals surface area contributed by atoms with Crippen LogP contribution >= 0.6 is 0 Å². The fraction of sp³-hybridized carbons (Fsp3) is 0.659. The second-order valence-electron chi connectivity index (χ2n) is 17.2. The molecule has 334 valence electrons. The van der Waals surface area contributed by atoms with Crippen LogP contribution in [0.15, 0.2) is 30.3 Å². The largest absolute Gasteiger partial charge is 0.458 e. The van der Waals surface area contributed by atoms with Crippen molar-refractivity contribution < 1.29 is 55.0 Å². The standard InChI is InChI=1S/C41H57F6N7O6/c1-38(2,3)59-35(57)29(50-37(58)60-39(4,5)6)15-16-33(55)48-20-7-9-26-18-23-53(24-19-26)31-25-32(52-36(51-31)41(45,46)47)54-22-8-10-30(54)34(56)49-21-17-27-11-13-28(14-12-27)40(42,43)44/h11-14,25-26,29-30H,7-10,15-24H2,1-6H3,(H,48,55)(H,49,56)(H,50,58)/t29?,30-/m0/s1. The van der Waals surface area contributed by atoms with E-state index in [0.717, 1.165) is 18.6 Å². The molecule has 1 aromatic carbocycles.